The maximum absolute atomic E-state index is 12.8. The van der Waals surface area contributed by atoms with Crippen LogP contribution in [0, 0.1) is 11.8 Å². The van der Waals surface area contributed by atoms with E-state index >= 15 is 0 Å². The van der Waals surface area contributed by atoms with Gasteiger partial charge in [-0.15, -0.1) is 0 Å². The van der Waals surface area contributed by atoms with E-state index in [1.807, 2.05) is 4.90 Å². The molecule has 3 rings (SSSR count). The number of carbonyl (C=O) groups excluding carboxylic acids is 1. The van der Waals surface area contributed by atoms with Crippen LogP contribution < -0.4 is 5.56 Å². The summed E-state index contributed by atoms with van der Waals surface area (Å²) >= 11 is 0. The molecule has 1 aliphatic carbocycles. The van der Waals surface area contributed by atoms with E-state index in [4.69, 9.17) is 0 Å². The van der Waals surface area contributed by atoms with Gasteiger partial charge in [0.1, 0.15) is 6.54 Å². The summed E-state index contributed by atoms with van der Waals surface area (Å²) in [5.41, 5.74) is -0.362. The van der Waals surface area contributed by atoms with E-state index in [0.29, 0.717) is 19.0 Å². The molecule has 1 amide bonds. The Kier molecular flexibility index (Phi) is 6.60. The smallest absolute Gasteiger partial charge is 0.251 e. The molecule has 1 aromatic heterocycles. The van der Waals surface area contributed by atoms with Crippen molar-refractivity contribution in [3.8, 4) is 0 Å². The molecule has 0 N–H and O–H groups in total. The molecule has 156 valence electrons. The zero-order chi connectivity index (χ0) is 20.3. The number of fused-ring (bicyclic) bond motifs is 1. The van der Waals surface area contributed by atoms with Crippen molar-refractivity contribution < 1.29 is 13.2 Å². The highest BCUT2D eigenvalue weighted by atomic mass is 32.2. The number of pyridine rings is 1. The van der Waals surface area contributed by atoms with Gasteiger partial charge in [0, 0.05) is 38.4 Å². The van der Waals surface area contributed by atoms with Crippen LogP contribution in [0.25, 0.3) is 0 Å². The summed E-state index contributed by atoms with van der Waals surface area (Å²) < 4.78 is 28.0. The van der Waals surface area contributed by atoms with Crippen LogP contribution in [0.3, 0.4) is 0 Å². The summed E-state index contributed by atoms with van der Waals surface area (Å²) in [5, 5.41) is 0. The molecule has 2 atom stereocenters. The Morgan fingerprint density at radius 2 is 1.79 bits per heavy atom. The second-order valence-corrected chi connectivity index (χ2v) is 9.79. The molecular formula is C20H31N3O4S. The van der Waals surface area contributed by atoms with Crippen molar-refractivity contribution in [3.05, 3.63) is 28.7 Å². The number of aromatic nitrogens is 1. The molecule has 0 bridgehead atoms. The molecular weight excluding hydrogens is 378 g/mol. The molecule has 0 radical (unpaired) electrons. The number of rotatable bonds is 6. The monoisotopic (exact) mass is 409 g/mol. The maximum atomic E-state index is 12.8. The summed E-state index contributed by atoms with van der Waals surface area (Å²) in [6.45, 7) is 5.63. The van der Waals surface area contributed by atoms with Crippen LogP contribution in [-0.2, 0) is 21.4 Å². The van der Waals surface area contributed by atoms with E-state index in [-0.39, 0.29) is 22.9 Å². The highest BCUT2D eigenvalue weighted by Gasteiger charge is 2.33. The van der Waals surface area contributed by atoms with E-state index in [9.17, 15) is 18.0 Å². The lowest BCUT2D eigenvalue weighted by molar-refractivity contribution is -0.135. The minimum atomic E-state index is -3.67. The Morgan fingerprint density at radius 1 is 1.11 bits per heavy atom. The molecule has 0 aromatic carbocycles. The maximum Gasteiger partial charge on any atom is 0.251 e. The van der Waals surface area contributed by atoms with Gasteiger partial charge in [-0.05, 0) is 30.7 Å². The zero-order valence-corrected chi connectivity index (χ0v) is 17.7. The van der Waals surface area contributed by atoms with Gasteiger partial charge in [-0.1, -0.05) is 33.1 Å². The number of hydrogen-bond acceptors (Lipinski definition) is 4. The average Bonchev–Trinajstić information content (AvgIpc) is 2.69. The number of likely N-dealkylation sites (tertiary alicyclic amines) is 1. The average molecular weight is 410 g/mol. The van der Waals surface area contributed by atoms with Crippen LogP contribution in [0.4, 0.5) is 0 Å². The van der Waals surface area contributed by atoms with Crippen molar-refractivity contribution in [1.29, 1.82) is 0 Å². The van der Waals surface area contributed by atoms with Gasteiger partial charge in [-0.25, -0.2) is 8.42 Å². The van der Waals surface area contributed by atoms with Gasteiger partial charge in [0.25, 0.3) is 5.56 Å². The van der Waals surface area contributed by atoms with Gasteiger partial charge in [-0.2, -0.15) is 4.31 Å². The van der Waals surface area contributed by atoms with Crippen molar-refractivity contribution in [2.75, 3.05) is 26.2 Å². The van der Waals surface area contributed by atoms with Crippen molar-refractivity contribution in [2.24, 2.45) is 11.8 Å². The van der Waals surface area contributed by atoms with Gasteiger partial charge in [0.05, 0.1) is 4.90 Å². The van der Waals surface area contributed by atoms with Crippen molar-refractivity contribution in [2.45, 2.75) is 57.4 Å². The molecule has 7 nitrogen and oxygen atoms in total. The SMILES string of the molecule is CCN(CC)S(=O)(=O)c1ccc(=O)n(CC(=O)N2CCC3CCCCC3C2)c1. The second-order valence-electron chi connectivity index (χ2n) is 7.85. The summed E-state index contributed by atoms with van der Waals surface area (Å²) in [7, 11) is -3.67. The minimum Gasteiger partial charge on any atom is -0.341 e. The molecule has 8 heteroatoms. The molecule has 1 aliphatic heterocycles. The first-order valence-electron chi connectivity index (χ1n) is 10.3. The predicted octanol–water partition coefficient (Wildman–Crippen LogP) is 1.92. The molecule has 0 spiro atoms. The zero-order valence-electron chi connectivity index (χ0n) is 16.8. The lowest BCUT2D eigenvalue weighted by Gasteiger charge is -2.41. The standard InChI is InChI=1S/C20H31N3O4S/c1-3-23(4-2)28(26,27)18-9-10-19(24)22(14-18)15-20(25)21-12-11-16-7-5-6-8-17(16)13-21/h9-10,14,16-17H,3-8,11-13,15H2,1-2H3. The fourth-order valence-electron chi connectivity index (χ4n) is 4.57. The third-order valence-corrected chi connectivity index (χ3v) is 8.28. The topological polar surface area (TPSA) is 79.7 Å². The van der Waals surface area contributed by atoms with Crippen LogP contribution in [0.1, 0.15) is 46.0 Å². The fourth-order valence-corrected chi connectivity index (χ4v) is 6.05. The largest absolute Gasteiger partial charge is 0.341 e. The highest BCUT2D eigenvalue weighted by molar-refractivity contribution is 7.89. The lowest BCUT2D eigenvalue weighted by atomic mass is 9.75. The third-order valence-electron chi connectivity index (χ3n) is 6.25. The summed E-state index contributed by atoms with van der Waals surface area (Å²) in [6.07, 6.45) is 7.29. The molecule has 2 unspecified atom stereocenters. The van der Waals surface area contributed by atoms with Crippen molar-refractivity contribution in [1.82, 2.24) is 13.8 Å². The van der Waals surface area contributed by atoms with Crippen LogP contribution in [0.2, 0.25) is 0 Å². The number of hydrogen-bond donors (Lipinski definition) is 0. The number of nitrogens with zero attached hydrogens (tertiary/aromatic N) is 3. The van der Waals surface area contributed by atoms with E-state index in [1.54, 1.807) is 13.8 Å². The Hall–Kier alpha value is -1.67. The third kappa shape index (κ3) is 4.33. The van der Waals surface area contributed by atoms with Gasteiger partial charge < -0.3 is 9.47 Å². The van der Waals surface area contributed by atoms with Crippen molar-refractivity contribution >= 4 is 15.9 Å². The minimum absolute atomic E-state index is 0.0505. The second kappa shape index (κ2) is 8.78. The number of carbonyl (C=O) groups is 1. The lowest BCUT2D eigenvalue weighted by Crippen LogP contribution is -2.46. The Balaban J connectivity index is 1.75. The first-order valence-corrected chi connectivity index (χ1v) is 11.8. The Morgan fingerprint density at radius 3 is 2.46 bits per heavy atom. The number of piperidine rings is 1. The Bertz CT molecular complexity index is 860. The molecule has 2 fully saturated rings. The predicted molar refractivity (Wildman–Crippen MR) is 107 cm³/mol. The molecule has 1 saturated carbocycles. The molecule has 1 aromatic rings. The molecule has 28 heavy (non-hydrogen) atoms. The van der Waals surface area contributed by atoms with Crippen LogP contribution in [0.15, 0.2) is 28.0 Å². The van der Waals surface area contributed by atoms with E-state index in [0.717, 1.165) is 25.4 Å². The van der Waals surface area contributed by atoms with Gasteiger partial charge in [0.15, 0.2) is 0 Å². The Labute approximate surface area is 167 Å². The summed E-state index contributed by atoms with van der Waals surface area (Å²) in [6, 6.07) is 2.56. The summed E-state index contributed by atoms with van der Waals surface area (Å²) in [5.74, 6) is 1.18. The van der Waals surface area contributed by atoms with Crippen LogP contribution in [0.5, 0.6) is 0 Å². The van der Waals surface area contributed by atoms with E-state index in [1.165, 1.54) is 52.9 Å². The fraction of sp³-hybridized carbons (Fsp3) is 0.700. The van der Waals surface area contributed by atoms with Gasteiger partial charge in [0.2, 0.25) is 15.9 Å². The molecule has 1 saturated heterocycles. The van der Waals surface area contributed by atoms with Gasteiger partial charge in [-0.3, -0.25) is 9.59 Å². The quantitative estimate of drug-likeness (QED) is 0.719. The van der Waals surface area contributed by atoms with Crippen molar-refractivity contribution in [3.63, 3.8) is 0 Å². The molecule has 2 heterocycles. The normalized spacial score (nSPS) is 22.9. The molecule has 2 aliphatic rings. The van der Waals surface area contributed by atoms with E-state index in [2.05, 4.69) is 0 Å². The summed E-state index contributed by atoms with van der Waals surface area (Å²) in [4.78, 5) is 26.9. The van der Waals surface area contributed by atoms with Gasteiger partial charge >= 0.3 is 0 Å². The first-order chi connectivity index (χ1) is 13.4. The van der Waals surface area contributed by atoms with Crippen LogP contribution in [-0.4, -0.2) is 54.3 Å². The first kappa shape index (κ1) is 21.0. The number of amides is 1. The van der Waals surface area contributed by atoms with E-state index < -0.39 is 10.0 Å². The van der Waals surface area contributed by atoms with Crippen LogP contribution >= 0.6 is 0 Å². The number of sulfonamides is 1. The highest BCUT2D eigenvalue weighted by Crippen LogP contribution is 2.36.